The Balaban J connectivity index is 1.20. The zero-order chi connectivity index (χ0) is 39.7. The average molecular weight is 777 g/mol. The fourth-order valence-corrected chi connectivity index (χ4v) is 6.91. The Hall–Kier alpha value is -5.89. The number of alkyl carbamates (subject to hydrolysis) is 1. The Morgan fingerprint density at radius 1 is 0.696 bits per heavy atom. The molecule has 0 fully saturated rings. The Labute approximate surface area is 330 Å². The first-order valence-electron chi connectivity index (χ1n) is 18.6. The fraction of sp³-hybridized carbons (Fsp3) is 0.279. The molecule has 0 saturated heterocycles. The van der Waals surface area contributed by atoms with Crippen LogP contribution in [0.5, 0.6) is 0 Å². The molecule has 5 aromatic rings. The van der Waals surface area contributed by atoms with Crippen LogP contribution in [0.4, 0.5) is 4.79 Å². The minimum Gasteiger partial charge on any atom is -0.445 e. The summed E-state index contributed by atoms with van der Waals surface area (Å²) in [4.78, 5) is 66.6. The molecule has 292 valence electrons. The van der Waals surface area contributed by atoms with Crippen molar-refractivity contribution in [2.75, 3.05) is 13.1 Å². The number of nitrogens with two attached hydrogens (primary N) is 2. The van der Waals surface area contributed by atoms with Crippen molar-refractivity contribution in [3.63, 3.8) is 0 Å². The van der Waals surface area contributed by atoms with E-state index in [4.69, 9.17) is 16.2 Å². The number of Topliss-reactive ketones (excluding diaryl/α,β-unsaturated/α-hetero) is 1. The number of carbonyl (C=O) groups excluding carboxylic acids is 5. The molecule has 0 bridgehead atoms. The first-order chi connectivity index (χ1) is 27.2. The molecule has 1 aromatic heterocycles. The van der Waals surface area contributed by atoms with Gasteiger partial charge < -0.3 is 32.2 Å². The number of ketones is 1. The van der Waals surface area contributed by atoms with Gasteiger partial charge in [0.15, 0.2) is 5.78 Å². The summed E-state index contributed by atoms with van der Waals surface area (Å²) in [5.74, 6) is -1.94. The van der Waals surface area contributed by atoms with Gasteiger partial charge in [0.25, 0.3) is 5.91 Å². The summed E-state index contributed by atoms with van der Waals surface area (Å²) in [6.45, 7) is 0.487. The molecule has 0 spiro atoms. The first kappa shape index (κ1) is 41.3. The van der Waals surface area contributed by atoms with E-state index in [2.05, 4.69) is 21.3 Å². The molecule has 4 amide bonds. The highest BCUT2D eigenvalue weighted by molar-refractivity contribution is 7.09. The molecule has 0 radical (unpaired) electrons. The lowest BCUT2D eigenvalue weighted by atomic mass is 9.98. The number of nitrogens with one attached hydrogen (secondary N) is 4. The van der Waals surface area contributed by atoms with E-state index < -0.39 is 41.9 Å². The van der Waals surface area contributed by atoms with Crippen LogP contribution < -0.4 is 32.7 Å². The second-order valence-electron chi connectivity index (χ2n) is 13.4. The third kappa shape index (κ3) is 12.9. The number of carbonyl (C=O) groups is 5. The van der Waals surface area contributed by atoms with Gasteiger partial charge in [-0.2, -0.15) is 0 Å². The van der Waals surface area contributed by atoms with Gasteiger partial charge >= 0.3 is 6.09 Å². The molecule has 56 heavy (non-hydrogen) atoms. The Kier molecular flexibility index (Phi) is 15.7. The number of primary amides is 1. The summed E-state index contributed by atoms with van der Waals surface area (Å²) in [6, 6.07) is 31.0. The standard InChI is InChI=1S/C43H48N6O6S/c44-26-31-12-8-15-34(23-31)41(52)49-37(24-30-18-19-32-13-4-5-14-33(32)22-30)39(50)27-47-38(25-35-16-9-21-56-35)42(53)48-36(40(45)51)17-6-7-20-46-43(54)55-28-29-10-2-1-3-11-29/h1-5,8-16,18-19,21-23,36-38,47H,6-7,17,20,24-28,44H2,(H2,45,51)(H,46,54)(H,48,53)(H,49,52)/t36-,37+,38+/m0/s1. The van der Waals surface area contributed by atoms with Gasteiger partial charge in [0.1, 0.15) is 12.6 Å². The zero-order valence-corrected chi connectivity index (χ0v) is 31.9. The van der Waals surface area contributed by atoms with Gasteiger partial charge in [0.05, 0.1) is 18.6 Å². The third-order valence-electron chi connectivity index (χ3n) is 9.26. The normalized spacial score (nSPS) is 12.6. The summed E-state index contributed by atoms with van der Waals surface area (Å²) < 4.78 is 5.23. The second-order valence-corrected chi connectivity index (χ2v) is 14.5. The summed E-state index contributed by atoms with van der Waals surface area (Å²) in [5, 5.41) is 15.4. The van der Waals surface area contributed by atoms with Crippen molar-refractivity contribution >= 4 is 51.7 Å². The van der Waals surface area contributed by atoms with Crippen molar-refractivity contribution < 1.29 is 28.7 Å². The minimum absolute atomic E-state index is 0.151. The van der Waals surface area contributed by atoms with Gasteiger partial charge in [-0.15, -0.1) is 11.3 Å². The largest absolute Gasteiger partial charge is 0.445 e. The molecule has 0 aliphatic carbocycles. The predicted octanol–water partition coefficient (Wildman–Crippen LogP) is 4.54. The second kappa shape index (κ2) is 21.3. The maximum atomic E-state index is 14.0. The number of hydrogen-bond acceptors (Lipinski definition) is 9. The maximum absolute atomic E-state index is 14.0. The van der Waals surface area contributed by atoms with Crippen molar-refractivity contribution in [2.24, 2.45) is 11.5 Å². The number of thiophene rings is 1. The quantitative estimate of drug-likeness (QED) is 0.0585. The summed E-state index contributed by atoms with van der Waals surface area (Å²) in [6.07, 6.45) is 1.18. The number of rotatable bonds is 21. The van der Waals surface area contributed by atoms with Crippen molar-refractivity contribution in [1.29, 1.82) is 0 Å². The van der Waals surface area contributed by atoms with Crippen LogP contribution in [-0.4, -0.2) is 60.8 Å². The van der Waals surface area contributed by atoms with Crippen LogP contribution in [0.1, 0.15) is 51.2 Å². The highest BCUT2D eigenvalue weighted by Gasteiger charge is 2.28. The SMILES string of the molecule is NCc1cccc(C(=O)N[C@H](Cc2ccc3ccccc3c2)C(=O)CN[C@H](Cc2cccs2)C(=O)N[C@@H](CCCCNC(=O)OCc2ccccc2)C(N)=O)c1. The smallest absolute Gasteiger partial charge is 0.407 e. The molecular formula is C43H48N6O6S. The number of unbranched alkanes of at least 4 members (excludes halogenated alkanes) is 1. The molecule has 5 rings (SSSR count). The summed E-state index contributed by atoms with van der Waals surface area (Å²) in [5.41, 5.74) is 14.4. The number of benzene rings is 4. The van der Waals surface area contributed by atoms with E-state index in [1.807, 2.05) is 96.4 Å². The van der Waals surface area contributed by atoms with Gasteiger partial charge in [-0.25, -0.2) is 4.79 Å². The lowest BCUT2D eigenvalue weighted by molar-refractivity contribution is -0.129. The van der Waals surface area contributed by atoms with E-state index in [1.54, 1.807) is 18.2 Å². The Bertz CT molecular complexity index is 2080. The lowest BCUT2D eigenvalue weighted by Gasteiger charge is -2.23. The predicted molar refractivity (Wildman–Crippen MR) is 218 cm³/mol. The minimum atomic E-state index is -0.972. The maximum Gasteiger partial charge on any atom is 0.407 e. The van der Waals surface area contributed by atoms with Crippen LogP contribution in [0.3, 0.4) is 0 Å². The van der Waals surface area contributed by atoms with Gasteiger partial charge in [-0.1, -0.05) is 91.0 Å². The van der Waals surface area contributed by atoms with Crippen LogP contribution in [-0.2, 0) is 45.1 Å². The number of amides is 4. The number of fused-ring (bicyclic) bond motifs is 1. The van der Waals surface area contributed by atoms with E-state index >= 15 is 0 Å². The average Bonchev–Trinajstić information content (AvgIpc) is 3.74. The van der Waals surface area contributed by atoms with Gasteiger partial charge in [-0.05, 0) is 76.7 Å². The molecule has 0 aliphatic heterocycles. The molecule has 1 heterocycles. The summed E-state index contributed by atoms with van der Waals surface area (Å²) >= 11 is 1.46. The monoisotopic (exact) mass is 776 g/mol. The first-order valence-corrected chi connectivity index (χ1v) is 19.5. The van der Waals surface area contributed by atoms with Gasteiger partial charge in [0.2, 0.25) is 11.8 Å². The van der Waals surface area contributed by atoms with Crippen molar-refractivity contribution in [3.05, 3.63) is 142 Å². The Morgan fingerprint density at radius 2 is 1.46 bits per heavy atom. The Morgan fingerprint density at radius 3 is 2.21 bits per heavy atom. The molecule has 12 nitrogen and oxygen atoms in total. The van der Waals surface area contributed by atoms with Gasteiger partial charge in [0, 0.05) is 30.0 Å². The molecule has 0 unspecified atom stereocenters. The lowest BCUT2D eigenvalue weighted by Crippen LogP contribution is -2.54. The molecule has 0 aliphatic rings. The van der Waals surface area contributed by atoms with E-state index in [1.165, 1.54) is 11.3 Å². The van der Waals surface area contributed by atoms with Crippen LogP contribution in [0.25, 0.3) is 10.8 Å². The zero-order valence-electron chi connectivity index (χ0n) is 31.1. The molecule has 13 heteroatoms. The van der Waals surface area contributed by atoms with Crippen molar-refractivity contribution in [3.8, 4) is 0 Å². The molecule has 0 saturated carbocycles. The highest BCUT2D eigenvalue weighted by atomic mass is 32.1. The van der Waals surface area contributed by atoms with Crippen LogP contribution in [0, 0.1) is 0 Å². The van der Waals surface area contributed by atoms with E-state index in [-0.39, 0.29) is 44.7 Å². The summed E-state index contributed by atoms with van der Waals surface area (Å²) in [7, 11) is 0. The fourth-order valence-electron chi connectivity index (χ4n) is 6.16. The van der Waals surface area contributed by atoms with E-state index in [0.717, 1.165) is 32.3 Å². The number of ether oxygens (including phenoxy) is 1. The molecule has 8 N–H and O–H groups in total. The highest BCUT2D eigenvalue weighted by Crippen LogP contribution is 2.18. The van der Waals surface area contributed by atoms with Crippen molar-refractivity contribution in [1.82, 2.24) is 21.3 Å². The van der Waals surface area contributed by atoms with E-state index in [0.29, 0.717) is 24.9 Å². The van der Waals surface area contributed by atoms with Crippen LogP contribution in [0.15, 0.2) is 115 Å². The van der Waals surface area contributed by atoms with E-state index in [9.17, 15) is 24.0 Å². The van der Waals surface area contributed by atoms with Crippen molar-refractivity contribution in [2.45, 2.75) is 63.4 Å². The topological polar surface area (TPSA) is 195 Å². The van der Waals surface area contributed by atoms with Crippen LogP contribution >= 0.6 is 11.3 Å². The third-order valence-corrected chi connectivity index (χ3v) is 10.2. The molecular weight excluding hydrogens is 729 g/mol. The van der Waals surface area contributed by atoms with Crippen LogP contribution in [0.2, 0.25) is 0 Å². The molecule has 3 atom stereocenters. The van der Waals surface area contributed by atoms with Gasteiger partial charge in [-0.3, -0.25) is 24.5 Å². The number of hydrogen-bond donors (Lipinski definition) is 6. The molecule has 4 aromatic carbocycles.